The summed E-state index contributed by atoms with van der Waals surface area (Å²) in [6, 6.07) is 3.16. The minimum Gasteiger partial charge on any atom is -0.469 e. The number of halogens is 2. The molecule has 8 heteroatoms. The third-order valence-electron chi connectivity index (χ3n) is 4.59. The highest BCUT2D eigenvalue weighted by atomic mass is 35.5. The molecule has 2 aromatic rings. The third-order valence-corrected chi connectivity index (χ3v) is 4.80. The van der Waals surface area contributed by atoms with E-state index < -0.39 is 17.5 Å². The first-order chi connectivity index (χ1) is 13.6. The molecule has 1 amide bonds. The molecule has 3 rings (SSSR count). The Kier molecular flexibility index (Phi) is 6.27. The van der Waals surface area contributed by atoms with Gasteiger partial charge in [-0.15, -0.1) is 0 Å². The zero-order valence-corrected chi connectivity index (χ0v) is 17.7. The lowest BCUT2D eigenvalue weighted by Crippen LogP contribution is -2.36. The maximum atomic E-state index is 13.8. The number of carbonyl (C=O) groups is 1. The Labute approximate surface area is 175 Å². The van der Waals surface area contributed by atoms with E-state index in [0.717, 1.165) is 11.8 Å². The Morgan fingerprint density at radius 3 is 2.72 bits per heavy atom. The number of rotatable bonds is 4. The molecule has 0 N–H and O–H groups in total. The first-order valence-electron chi connectivity index (χ1n) is 9.49. The summed E-state index contributed by atoms with van der Waals surface area (Å²) < 4.78 is 25.5. The number of nitrogens with zero attached hydrogens (tertiary/aromatic N) is 3. The Bertz CT molecular complexity index is 888. The number of aromatic nitrogens is 2. The molecule has 0 radical (unpaired) electrons. The van der Waals surface area contributed by atoms with Crippen molar-refractivity contribution in [1.82, 2.24) is 14.9 Å². The monoisotopic (exact) mass is 421 g/mol. The quantitative estimate of drug-likeness (QED) is 0.698. The molecular formula is C21H25ClFN3O3. The van der Waals surface area contributed by atoms with E-state index in [-0.39, 0.29) is 12.0 Å². The first kappa shape index (κ1) is 21.3. The number of ether oxygens (including phenoxy) is 2. The second-order valence-electron chi connectivity index (χ2n) is 8.23. The standard InChI is InChI=1S/C21H25ClFN3O3/c1-13-7-16(22)10-25-19(13)28-18(15-8-17(23)11-24-9-15)14-5-6-26(12-14)20(27)29-21(2,3)4/h7-11,14,18H,5-6,12H2,1-4H3/t14?,18-/m1/s1. The van der Waals surface area contributed by atoms with Crippen LogP contribution in [0.25, 0.3) is 0 Å². The summed E-state index contributed by atoms with van der Waals surface area (Å²) in [5.74, 6) is -0.0961. The summed E-state index contributed by atoms with van der Waals surface area (Å²) in [6.45, 7) is 8.31. The van der Waals surface area contributed by atoms with Gasteiger partial charge in [-0.1, -0.05) is 11.6 Å². The summed E-state index contributed by atoms with van der Waals surface area (Å²) >= 11 is 5.99. The molecule has 2 atom stereocenters. The van der Waals surface area contributed by atoms with Crippen molar-refractivity contribution in [2.45, 2.75) is 45.8 Å². The molecule has 0 aliphatic carbocycles. The molecule has 1 unspecified atom stereocenters. The van der Waals surface area contributed by atoms with Gasteiger partial charge < -0.3 is 14.4 Å². The van der Waals surface area contributed by atoms with E-state index in [1.165, 1.54) is 12.3 Å². The van der Waals surface area contributed by atoms with E-state index in [1.807, 2.05) is 27.7 Å². The molecule has 1 aliphatic heterocycles. The van der Waals surface area contributed by atoms with Crippen LogP contribution in [0.2, 0.25) is 5.02 Å². The number of aryl methyl sites for hydroxylation is 1. The van der Waals surface area contributed by atoms with Crippen LogP contribution in [0.3, 0.4) is 0 Å². The van der Waals surface area contributed by atoms with E-state index in [9.17, 15) is 9.18 Å². The number of pyridine rings is 2. The van der Waals surface area contributed by atoms with E-state index >= 15 is 0 Å². The number of hydrogen-bond acceptors (Lipinski definition) is 5. The van der Waals surface area contributed by atoms with Crippen molar-refractivity contribution in [3.63, 3.8) is 0 Å². The van der Waals surface area contributed by atoms with E-state index in [2.05, 4.69) is 9.97 Å². The van der Waals surface area contributed by atoms with Gasteiger partial charge in [0.2, 0.25) is 5.88 Å². The maximum Gasteiger partial charge on any atom is 0.410 e. The molecule has 3 heterocycles. The van der Waals surface area contributed by atoms with Crippen LogP contribution in [0.4, 0.5) is 9.18 Å². The summed E-state index contributed by atoms with van der Waals surface area (Å²) in [5, 5.41) is 0.510. The molecule has 1 aliphatic rings. The Morgan fingerprint density at radius 1 is 1.31 bits per heavy atom. The highest BCUT2D eigenvalue weighted by Gasteiger charge is 2.36. The fraction of sp³-hybridized carbons (Fsp3) is 0.476. The number of likely N-dealkylation sites (tertiary alicyclic amines) is 1. The third kappa shape index (κ3) is 5.56. The van der Waals surface area contributed by atoms with Gasteiger partial charge in [-0.05, 0) is 46.2 Å². The van der Waals surface area contributed by atoms with Gasteiger partial charge in [0.1, 0.15) is 17.5 Å². The average molecular weight is 422 g/mol. The largest absolute Gasteiger partial charge is 0.469 e. The normalized spacial score (nSPS) is 17.9. The zero-order chi connectivity index (χ0) is 21.2. The molecule has 6 nitrogen and oxygen atoms in total. The SMILES string of the molecule is Cc1cc(Cl)cnc1O[C@@H](c1cncc(F)c1)C1CCN(C(=O)OC(C)(C)C)C1. The minimum atomic E-state index is -0.568. The van der Waals surface area contributed by atoms with Crippen LogP contribution in [0.1, 0.15) is 44.4 Å². The predicted molar refractivity (Wildman–Crippen MR) is 107 cm³/mol. The molecule has 0 saturated carbocycles. The second kappa shape index (κ2) is 8.53. The molecule has 0 aromatic carbocycles. The molecule has 1 saturated heterocycles. The summed E-state index contributed by atoms with van der Waals surface area (Å²) in [6.07, 6.45) is 4.04. The first-order valence-corrected chi connectivity index (χ1v) is 9.87. The average Bonchev–Trinajstić information content (AvgIpc) is 3.09. The molecule has 29 heavy (non-hydrogen) atoms. The van der Waals surface area contributed by atoms with Crippen LogP contribution in [-0.2, 0) is 4.74 Å². The van der Waals surface area contributed by atoms with Crippen molar-refractivity contribution in [3.05, 3.63) is 52.7 Å². The fourth-order valence-corrected chi connectivity index (χ4v) is 3.53. The van der Waals surface area contributed by atoms with Crippen LogP contribution >= 0.6 is 11.6 Å². The molecule has 0 bridgehead atoms. The van der Waals surface area contributed by atoms with Gasteiger partial charge in [-0.3, -0.25) is 4.98 Å². The predicted octanol–water partition coefficient (Wildman–Crippen LogP) is 4.95. The molecule has 2 aromatic heterocycles. The van der Waals surface area contributed by atoms with Crippen molar-refractivity contribution in [3.8, 4) is 5.88 Å². The van der Waals surface area contributed by atoms with Crippen molar-refractivity contribution in [2.24, 2.45) is 5.92 Å². The number of hydrogen-bond donors (Lipinski definition) is 0. The van der Waals surface area contributed by atoms with Gasteiger partial charge in [-0.25, -0.2) is 14.2 Å². The number of carbonyl (C=O) groups excluding carboxylic acids is 1. The lowest BCUT2D eigenvalue weighted by atomic mass is 9.96. The van der Waals surface area contributed by atoms with Crippen molar-refractivity contribution < 1.29 is 18.7 Å². The number of amides is 1. The van der Waals surface area contributed by atoms with Crippen LogP contribution in [-0.4, -0.2) is 39.7 Å². The van der Waals surface area contributed by atoms with Gasteiger partial charge in [0.25, 0.3) is 0 Å². The Hall–Kier alpha value is -2.41. The van der Waals surface area contributed by atoms with Gasteiger partial charge in [-0.2, -0.15) is 0 Å². The van der Waals surface area contributed by atoms with Crippen LogP contribution < -0.4 is 4.74 Å². The second-order valence-corrected chi connectivity index (χ2v) is 8.66. The van der Waals surface area contributed by atoms with Crippen molar-refractivity contribution in [1.29, 1.82) is 0 Å². The molecule has 0 spiro atoms. The van der Waals surface area contributed by atoms with E-state index in [1.54, 1.807) is 17.2 Å². The topological polar surface area (TPSA) is 64.6 Å². The highest BCUT2D eigenvalue weighted by molar-refractivity contribution is 6.30. The lowest BCUT2D eigenvalue weighted by molar-refractivity contribution is 0.0272. The van der Waals surface area contributed by atoms with Gasteiger partial charge in [0, 0.05) is 42.5 Å². The van der Waals surface area contributed by atoms with Crippen molar-refractivity contribution >= 4 is 17.7 Å². The summed E-state index contributed by atoms with van der Waals surface area (Å²) in [5.41, 5.74) is 0.799. The molecule has 1 fully saturated rings. The van der Waals surface area contributed by atoms with Crippen LogP contribution in [0.5, 0.6) is 5.88 Å². The van der Waals surface area contributed by atoms with Crippen LogP contribution in [0, 0.1) is 18.7 Å². The molecule has 156 valence electrons. The Morgan fingerprint density at radius 2 is 2.07 bits per heavy atom. The zero-order valence-electron chi connectivity index (χ0n) is 17.0. The Balaban J connectivity index is 1.83. The van der Waals surface area contributed by atoms with E-state index in [0.29, 0.717) is 36.0 Å². The van der Waals surface area contributed by atoms with Gasteiger partial charge in [0.05, 0.1) is 11.2 Å². The van der Waals surface area contributed by atoms with Gasteiger partial charge >= 0.3 is 6.09 Å². The summed E-state index contributed by atoms with van der Waals surface area (Å²) in [7, 11) is 0. The smallest absolute Gasteiger partial charge is 0.410 e. The molecular weight excluding hydrogens is 397 g/mol. The fourth-order valence-electron chi connectivity index (χ4n) is 3.32. The highest BCUT2D eigenvalue weighted by Crippen LogP contribution is 2.35. The van der Waals surface area contributed by atoms with E-state index in [4.69, 9.17) is 21.1 Å². The van der Waals surface area contributed by atoms with Gasteiger partial charge in [0.15, 0.2) is 0 Å². The van der Waals surface area contributed by atoms with Crippen LogP contribution in [0.15, 0.2) is 30.7 Å². The van der Waals surface area contributed by atoms with Crippen molar-refractivity contribution in [2.75, 3.05) is 13.1 Å². The lowest BCUT2D eigenvalue weighted by Gasteiger charge is -2.27. The minimum absolute atomic E-state index is 0.0667. The maximum absolute atomic E-state index is 13.8. The summed E-state index contributed by atoms with van der Waals surface area (Å²) in [4.78, 5) is 22.3.